The van der Waals surface area contributed by atoms with Gasteiger partial charge in [-0.15, -0.1) is 0 Å². The number of nitrogens with one attached hydrogen (secondary N) is 1. The van der Waals surface area contributed by atoms with Gasteiger partial charge in [-0.3, -0.25) is 9.59 Å². The van der Waals surface area contributed by atoms with Gasteiger partial charge in [-0.05, 0) is 43.4 Å². The molecule has 3 rings (SSSR count). The highest BCUT2D eigenvalue weighted by Crippen LogP contribution is 2.45. The number of ether oxygens (including phenoxy) is 3. The highest BCUT2D eigenvalue weighted by Gasteiger charge is 2.53. The molecule has 1 unspecified atom stereocenters. The molecule has 1 aliphatic heterocycles. The van der Waals surface area contributed by atoms with Crippen molar-refractivity contribution < 1.29 is 23.8 Å². The summed E-state index contributed by atoms with van der Waals surface area (Å²) in [7, 11) is 3.16. The maximum atomic E-state index is 12.6. The molecule has 1 N–H and O–H groups in total. The van der Waals surface area contributed by atoms with Crippen molar-refractivity contribution >= 4 is 11.9 Å². The van der Waals surface area contributed by atoms with Crippen LogP contribution in [-0.4, -0.2) is 31.7 Å². The maximum Gasteiger partial charge on any atom is 0.307 e. The Hall–Kier alpha value is -2.24. The van der Waals surface area contributed by atoms with Crippen LogP contribution < -0.4 is 14.8 Å². The van der Waals surface area contributed by atoms with Gasteiger partial charge in [0.05, 0.1) is 26.6 Å². The monoisotopic (exact) mass is 333 g/mol. The van der Waals surface area contributed by atoms with E-state index in [1.165, 1.54) is 0 Å². The highest BCUT2D eigenvalue weighted by molar-refractivity contribution is 5.87. The van der Waals surface area contributed by atoms with Crippen molar-refractivity contribution in [3.63, 3.8) is 0 Å². The summed E-state index contributed by atoms with van der Waals surface area (Å²) in [5.41, 5.74) is 0.338. The van der Waals surface area contributed by atoms with Gasteiger partial charge in [0.25, 0.3) is 0 Å². The molecule has 24 heavy (non-hydrogen) atoms. The normalized spacial score (nSPS) is 21.6. The zero-order valence-electron chi connectivity index (χ0n) is 14.1. The minimum Gasteiger partial charge on any atom is -0.493 e. The Morgan fingerprint density at radius 2 is 1.96 bits per heavy atom. The van der Waals surface area contributed by atoms with E-state index in [0.29, 0.717) is 18.0 Å². The molecule has 1 saturated heterocycles. The molecular formula is C18H23NO5. The molecule has 1 atom stereocenters. The van der Waals surface area contributed by atoms with Gasteiger partial charge >= 0.3 is 5.97 Å². The number of methoxy groups -OCH3 is 2. The van der Waals surface area contributed by atoms with Crippen LogP contribution in [0.25, 0.3) is 0 Å². The molecule has 2 aliphatic rings. The molecule has 1 heterocycles. The van der Waals surface area contributed by atoms with Gasteiger partial charge < -0.3 is 19.5 Å². The fraction of sp³-hybridized carbons (Fsp3) is 0.556. The van der Waals surface area contributed by atoms with E-state index >= 15 is 0 Å². The van der Waals surface area contributed by atoms with Crippen molar-refractivity contribution in [3.05, 3.63) is 23.8 Å². The third-order valence-corrected chi connectivity index (χ3v) is 5.00. The van der Waals surface area contributed by atoms with Gasteiger partial charge in [0.2, 0.25) is 5.91 Å². The third-order valence-electron chi connectivity index (χ3n) is 5.00. The Labute approximate surface area is 141 Å². The minimum atomic E-state index is -0.571. The average molecular weight is 333 g/mol. The van der Waals surface area contributed by atoms with E-state index in [0.717, 1.165) is 31.2 Å². The topological polar surface area (TPSA) is 73.9 Å². The second-order valence-corrected chi connectivity index (χ2v) is 6.41. The molecule has 130 valence electrons. The molecule has 1 spiro atoms. The lowest BCUT2D eigenvalue weighted by molar-refractivity contribution is -0.149. The number of benzene rings is 1. The second kappa shape index (κ2) is 6.71. The lowest BCUT2D eigenvalue weighted by Gasteiger charge is -2.27. The average Bonchev–Trinajstić information content (AvgIpc) is 3.19. The van der Waals surface area contributed by atoms with E-state index in [9.17, 15) is 9.59 Å². The molecular weight excluding hydrogens is 310 g/mol. The van der Waals surface area contributed by atoms with Crippen LogP contribution in [0.15, 0.2) is 18.2 Å². The van der Waals surface area contributed by atoms with Crippen molar-refractivity contribution in [2.45, 2.75) is 44.2 Å². The Bertz CT molecular complexity index is 636. The van der Waals surface area contributed by atoms with Gasteiger partial charge in [0, 0.05) is 6.54 Å². The number of rotatable bonds is 5. The Morgan fingerprint density at radius 3 is 2.62 bits per heavy atom. The van der Waals surface area contributed by atoms with Crippen LogP contribution in [0.2, 0.25) is 0 Å². The van der Waals surface area contributed by atoms with E-state index in [-0.39, 0.29) is 24.2 Å². The summed E-state index contributed by atoms with van der Waals surface area (Å²) >= 11 is 0. The summed E-state index contributed by atoms with van der Waals surface area (Å²) < 4.78 is 16.0. The zero-order chi connectivity index (χ0) is 17.2. The summed E-state index contributed by atoms with van der Waals surface area (Å²) in [5.74, 6) is 0.511. The van der Waals surface area contributed by atoms with Crippen LogP contribution in [0, 0.1) is 5.92 Å². The lowest BCUT2D eigenvalue weighted by Crippen LogP contribution is -2.42. The maximum absolute atomic E-state index is 12.6. The first kappa shape index (κ1) is 16.6. The van der Waals surface area contributed by atoms with Crippen LogP contribution in [0.3, 0.4) is 0 Å². The van der Waals surface area contributed by atoms with Gasteiger partial charge in [-0.2, -0.15) is 0 Å². The molecule has 0 radical (unpaired) electrons. The molecule has 1 saturated carbocycles. The lowest BCUT2D eigenvalue weighted by atomic mass is 9.85. The molecule has 1 aromatic carbocycles. The van der Waals surface area contributed by atoms with Crippen LogP contribution >= 0.6 is 0 Å². The van der Waals surface area contributed by atoms with E-state index in [2.05, 4.69) is 5.32 Å². The van der Waals surface area contributed by atoms with Crippen LogP contribution in [0.5, 0.6) is 11.5 Å². The Morgan fingerprint density at radius 1 is 1.25 bits per heavy atom. The van der Waals surface area contributed by atoms with E-state index < -0.39 is 5.60 Å². The van der Waals surface area contributed by atoms with Gasteiger partial charge in [-0.1, -0.05) is 6.07 Å². The van der Waals surface area contributed by atoms with Gasteiger partial charge in [0.15, 0.2) is 11.5 Å². The van der Waals surface area contributed by atoms with Crippen molar-refractivity contribution in [1.29, 1.82) is 0 Å². The van der Waals surface area contributed by atoms with Crippen LogP contribution in [0.1, 0.15) is 37.7 Å². The van der Waals surface area contributed by atoms with E-state index in [4.69, 9.17) is 14.2 Å². The molecule has 1 aliphatic carbocycles. The largest absolute Gasteiger partial charge is 0.493 e. The fourth-order valence-corrected chi connectivity index (χ4v) is 3.75. The van der Waals surface area contributed by atoms with Crippen molar-refractivity contribution in [1.82, 2.24) is 5.32 Å². The van der Waals surface area contributed by atoms with Gasteiger partial charge in [0.1, 0.15) is 5.60 Å². The predicted molar refractivity (Wildman–Crippen MR) is 86.8 cm³/mol. The molecule has 1 amide bonds. The van der Waals surface area contributed by atoms with Crippen LogP contribution in [0.4, 0.5) is 0 Å². The van der Waals surface area contributed by atoms with Crippen molar-refractivity contribution in [2.24, 2.45) is 5.92 Å². The smallest absolute Gasteiger partial charge is 0.307 e. The standard InChI is InChI=1S/C18H23NO5/c1-22-14-6-5-12(9-15(14)23-2)11-19-17(21)13-10-16(20)24-18(13)7-3-4-8-18/h5-6,9,13H,3-4,7-8,10-11H2,1-2H3,(H,19,21). The Balaban J connectivity index is 1.66. The SMILES string of the molecule is COc1ccc(CNC(=O)C2CC(=O)OC23CCCC3)cc1OC. The van der Waals surface area contributed by atoms with Gasteiger partial charge in [-0.25, -0.2) is 0 Å². The third kappa shape index (κ3) is 3.05. The summed E-state index contributed by atoms with van der Waals surface area (Å²) in [5, 5.41) is 2.93. The molecule has 6 nitrogen and oxygen atoms in total. The first-order valence-electron chi connectivity index (χ1n) is 8.28. The van der Waals surface area contributed by atoms with E-state index in [1.54, 1.807) is 20.3 Å². The molecule has 2 fully saturated rings. The first-order valence-corrected chi connectivity index (χ1v) is 8.28. The summed E-state index contributed by atoms with van der Waals surface area (Å²) in [4.78, 5) is 24.3. The molecule has 1 aromatic rings. The number of carbonyl (C=O) groups excluding carboxylic acids is 2. The van der Waals surface area contributed by atoms with Crippen molar-refractivity contribution in [3.8, 4) is 11.5 Å². The minimum absolute atomic E-state index is 0.113. The molecule has 0 bridgehead atoms. The number of hydrogen-bond donors (Lipinski definition) is 1. The predicted octanol–water partition coefficient (Wildman–Crippen LogP) is 2.20. The molecule has 6 heteroatoms. The summed E-state index contributed by atoms with van der Waals surface area (Å²) in [6.45, 7) is 0.375. The zero-order valence-corrected chi connectivity index (χ0v) is 14.1. The number of amides is 1. The summed E-state index contributed by atoms with van der Waals surface area (Å²) in [6, 6.07) is 5.52. The van der Waals surface area contributed by atoms with Crippen LogP contribution in [-0.2, 0) is 20.9 Å². The Kier molecular flexibility index (Phi) is 4.64. The quantitative estimate of drug-likeness (QED) is 0.836. The first-order chi connectivity index (χ1) is 11.6. The molecule has 0 aromatic heterocycles. The number of carbonyl (C=O) groups is 2. The summed E-state index contributed by atoms with van der Waals surface area (Å²) in [6.07, 6.45) is 3.76. The number of hydrogen-bond acceptors (Lipinski definition) is 5. The second-order valence-electron chi connectivity index (χ2n) is 6.41. The highest BCUT2D eigenvalue weighted by atomic mass is 16.6. The number of esters is 1. The van der Waals surface area contributed by atoms with Crippen molar-refractivity contribution in [2.75, 3.05) is 14.2 Å². The fourth-order valence-electron chi connectivity index (χ4n) is 3.75. The van der Waals surface area contributed by atoms with E-state index in [1.807, 2.05) is 12.1 Å².